The molecule has 0 radical (unpaired) electrons. The molecule has 1 aromatic rings. The van der Waals surface area contributed by atoms with Crippen molar-refractivity contribution < 1.29 is 17.4 Å². The lowest BCUT2D eigenvalue weighted by Crippen LogP contribution is -2.44. The molecule has 1 rings (SSSR count). The van der Waals surface area contributed by atoms with E-state index in [9.17, 15) is 13.2 Å². The predicted molar refractivity (Wildman–Crippen MR) is 72.0 cm³/mol. The van der Waals surface area contributed by atoms with Crippen molar-refractivity contribution in [3.05, 3.63) is 43.0 Å². The minimum atomic E-state index is -3.83. The molecule has 19 heavy (non-hydrogen) atoms. The highest BCUT2D eigenvalue weighted by Gasteiger charge is 2.20. The molecule has 1 unspecified atom stereocenters. The van der Waals surface area contributed by atoms with Crippen LogP contribution in [0.2, 0.25) is 0 Å². The molecule has 1 amide bonds. The Morgan fingerprint density at radius 3 is 2.58 bits per heavy atom. The Morgan fingerprint density at radius 2 is 2.05 bits per heavy atom. The summed E-state index contributed by atoms with van der Waals surface area (Å²) >= 11 is 0. The molecule has 7 heteroatoms. The second kappa shape index (κ2) is 6.91. The fourth-order valence-corrected chi connectivity index (χ4v) is 2.52. The van der Waals surface area contributed by atoms with Gasteiger partial charge in [-0.05, 0) is 18.2 Å². The minimum Gasteiger partial charge on any atom is -0.382 e. The zero-order valence-corrected chi connectivity index (χ0v) is 11.1. The van der Waals surface area contributed by atoms with E-state index in [4.69, 9.17) is 9.92 Å². The van der Waals surface area contributed by atoms with Crippen LogP contribution >= 0.6 is 0 Å². The van der Waals surface area contributed by atoms with Crippen molar-refractivity contribution in [1.82, 2.24) is 5.32 Å². The number of para-hydroxylation sites is 1. The van der Waals surface area contributed by atoms with Crippen LogP contribution < -0.4 is 15.2 Å². The van der Waals surface area contributed by atoms with Crippen LogP contribution in [0.15, 0.2) is 43.0 Å². The second-order valence-corrected chi connectivity index (χ2v) is 5.38. The van der Waals surface area contributed by atoms with Crippen LogP contribution in [0.4, 0.5) is 0 Å². The number of rotatable bonds is 7. The molecular formula is C12H16N2O4S. The normalized spacial score (nSPS) is 12.5. The Kier molecular flexibility index (Phi) is 5.53. The van der Waals surface area contributed by atoms with E-state index >= 15 is 0 Å². The van der Waals surface area contributed by atoms with E-state index in [0.29, 0.717) is 0 Å². The van der Waals surface area contributed by atoms with Crippen LogP contribution in [0.3, 0.4) is 0 Å². The van der Waals surface area contributed by atoms with Gasteiger partial charge in [0.15, 0.2) is 0 Å². The Balaban J connectivity index is 2.67. The zero-order valence-electron chi connectivity index (χ0n) is 10.3. The first-order valence-electron chi connectivity index (χ1n) is 5.57. The van der Waals surface area contributed by atoms with Crippen molar-refractivity contribution in [2.45, 2.75) is 6.04 Å². The van der Waals surface area contributed by atoms with Crippen molar-refractivity contribution >= 4 is 16.0 Å². The standard InChI is InChI=1S/C12H16N2O4S/c1-2-12(15)14-10(8-13)9-19(16,17)18-11-6-4-3-5-7-11/h2-7,10H,1,8-9,13H2,(H,14,15). The SMILES string of the molecule is C=CC(=O)NC(CN)CS(=O)(=O)Oc1ccccc1. The summed E-state index contributed by atoms with van der Waals surface area (Å²) in [5, 5.41) is 2.42. The van der Waals surface area contributed by atoms with Crippen molar-refractivity contribution in [1.29, 1.82) is 0 Å². The molecule has 0 saturated carbocycles. The first-order chi connectivity index (χ1) is 8.96. The van der Waals surface area contributed by atoms with Gasteiger partial charge in [-0.25, -0.2) is 0 Å². The number of amides is 1. The molecule has 1 aromatic carbocycles. The van der Waals surface area contributed by atoms with E-state index in [1.165, 1.54) is 12.1 Å². The molecule has 0 bridgehead atoms. The van der Waals surface area contributed by atoms with E-state index in [1.807, 2.05) is 0 Å². The summed E-state index contributed by atoms with van der Waals surface area (Å²) in [5.41, 5.74) is 5.41. The first kappa shape index (κ1) is 15.2. The summed E-state index contributed by atoms with van der Waals surface area (Å²) in [6, 6.07) is 7.38. The third kappa shape index (κ3) is 5.54. The van der Waals surface area contributed by atoms with Crippen molar-refractivity contribution in [3.63, 3.8) is 0 Å². The van der Waals surface area contributed by atoms with Gasteiger partial charge in [0.05, 0.1) is 6.04 Å². The van der Waals surface area contributed by atoms with Gasteiger partial charge in [-0.15, -0.1) is 0 Å². The van der Waals surface area contributed by atoms with Gasteiger partial charge in [-0.3, -0.25) is 4.79 Å². The second-order valence-electron chi connectivity index (χ2n) is 3.77. The van der Waals surface area contributed by atoms with Gasteiger partial charge >= 0.3 is 10.1 Å². The highest BCUT2D eigenvalue weighted by atomic mass is 32.2. The Bertz CT molecular complexity index is 528. The molecule has 0 aliphatic rings. The van der Waals surface area contributed by atoms with Crippen molar-refractivity contribution in [3.8, 4) is 5.75 Å². The lowest BCUT2D eigenvalue weighted by Gasteiger charge is -2.16. The smallest absolute Gasteiger partial charge is 0.311 e. The Hall–Kier alpha value is -1.86. The van der Waals surface area contributed by atoms with Gasteiger partial charge in [0.2, 0.25) is 5.91 Å². The van der Waals surface area contributed by atoms with E-state index in [1.54, 1.807) is 18.2 Å². The molecule has 0 heterocycles. The average Bonchev–Trinajstić information content (AvgIpc) is 2.38. The molecule has 0 saturated heterocycles. The summed E-state index contributed by atoms with van der Waals surface area (Å²) in [6.07, 6.45) is 1.05. The topological polar surface area (TPSA) is 98.5 Å². The van der Waals surface area contributed by atoms with Gasteiger partial charge in [-0.1, -0.05) is 24.8 Å². The van der Waals surface area contributed by atoms with E-state index < -0.39 is 27.8 Å². The predicted octanol–water partition coefficient (Wildman–Crippen LogP) is 0.0247. The van der Waals surface area contributed by atoms with E-state index in [2.05, 4.69) is 11.9 Å². The van der Waals surface area contributed by atoms with Crippen LogP contribution in [0.25, 0.3) is 0 Å². The summed E-state index contributed by atoms with van der Waals surface area (Å²) in [7, 11) is -3.83. The molecule has 0 spiro atoms. The maximum Gasteiger partial charge on any atom is 0.311 e. The number of carbonyl (C=O) groups is 1. The minimum absolute atomic E-state index is 0.0169. The summed E-state index contributed by atoms with van der Waals surface area (Å²) in [6.45, 7) is 3.26. The van der Waals surface area contributed by atoms with Gasteiger partial charge in [0.1, 0.15) is 11.5 Å². The molecule has 3 N–H and O–H groups in total. The third-order valence-corrected chi connectivity index (χ3v) is 3.45. The fraction of sp³-hybridized carbons (Fsp3) is 0.250. The van der Waals surface area contributed by atoms with E-state index in [0.717, 1.165) is 6.08 Å². The van der Waals surface area contributed by atoms with Crippen LogP contribution in [0.5, 0.6) is 5.75 Å². The van der Waals surface area contributed by atoms with Gasteiger partial charge in [0, 0.05) is 6.54 Å². The van der Waals surface area contributed by atoms with Gasteiger partial charge in [0.25, 0.3) is 0 Å². The van der Waals surface area contributed by atoms with Crippen molar-refractivity contribution in [2.24, 2.45) is 5.73 Å². The first-order valence-corrected chi connectivity index (χ1v) is 7.15. The maximum atomic E-state index is 11.8. The molecule has 0 aliphatic heterocycles. The monoisotopic (exact) mass is 284 g/mol. The highest BCUT2D eigenvalue weighted by molar-refractivity contribution is 7.87. The number of nitrogens with one attached hydrogen (secondary N) is 1. The Labute approximate surface area is 112 Å². The number of hydrogen-bond donors (Lipinski definition) is 2. The lowest BCUT2D eigenvalue weighted by molar-refractivity contribution is -0.116. The summed E-state index contributed by atoms with van der Waals surface area (Å²) < 4.78 is 28.5. The summed E-state index contributed by atoms with van der Waals surface area (Å²) in [4.78, 5) is 11.1. The molecule has 0 aromatic heterocycles. The molecule has 6 nitrogen and oxygen atoms in total. The number of nitrogens with two attached hydrogens (primary N) is 1. The van der Waals surface area contributed by atoms with Gasteiger partial charge in [-0.2, -0.15) is 8.42 Å². The largest absolute Gasteiger partial charge is 0.382 e. The molecule has 1 atom stereocenters. The van der Waals surface area contributed by atoms with Gasteiger partial charge < -0.3 is 15.2 Å². The number of carbonyl (C=O) groups excluding carboxylic acids is 1. The molecule has 0 aliphatic carbocycles. The van der Waals surface area contributed by atoms with Crippen LogP contribution in [-0.2, 0) is 14.9 Å². The highest BCUT2D eigenvalue weighted by Crippen LogP contribution is 2.12. The molecule has 104 valence electrons. The quantitative estimate of drug-likeness (QED) is 0.543. The fourth-order valence-electron chi connectivity index (χ4n) is 1.33. The average molecular weight is 284 g/mol. The summed E-state index contributed by atoms with van der Waals surface area (Å²) in [5.74, 6) is -0.670. The zero-order chi connectivity index (χ0) is 14.3. The third-order valence-electron chi connectivity index (χ3n) is 2.19. The van der Waals surface area contributed by atoms with Crippen LogP contribution in [-0.4, -0.2) is 32.7 Å². The number of hydrogen-bond acceptors (Lipinski definition) is 5. The van der Waals surface area contributed by atoms with E-state index in [-0.39, 0.29) is 12.3 Å². The van der Waals surface area contributed by atoms with Crippen LogP contribution in [0, 0.1) is 0 Å². The lowest BCUT2D eigenvalue weighted by atomic mass is 10.3. The maximum absolute atomic E-state index is 11.8. The number of benzene rings is 1. The Morgan fingerprint density at radius 1 is 1.42 bits per heavy atom. The molecule has 0 fully saturated rings. The van der Waals surface area contributed by atoms with Crippen LogP contribution in [0.1, 0.15) is 0 Å². The molecular weight excluding hydrogens is 268 g/mol. The van der Waals surface area contributed by atoms with Crippen molar-refractivity contribution in [2.75, 3.05) is 12.3 Å².